The number of nitrogens with zero attached hydrogens (tertiary/aromatic N) is 3. The molecule has 1 aromatic heterocycles. The molecule has 2 amide bonds. The lowest BCUT2D eigenvalue weighted by Gasteiger charge is -2.23. The van der Waals surface area contributed by atoms with E-state index in [-0.39, 0.29) is 29.7 Å². The van der Waals surface area contributed by atoms with Crippen molar-refractivity contribution in [1.29, 1.82) is 0 Å². The number of rotatable bonds is 8. The molecule has 1 heterocycles. The lowest BCUT2D eigenvalue weighted by Crippen LogP contribution is -2.40. The molecule has 2 aromatic rings. The standard InChI is InChI=1S/C25H36N4O2/c1-17(2)12-13-28(24(31)19-10-11-19)16-23(30)26-22-15-21(25(4,5)6)27-29(22)20-9-7-8-18(3)14-20/h7-9,14-15,17,19H,10-13,16H2,1-6H3,(H,26,30). The second-order valence-corrected chi connectivity index (χ2v) is 10.2. The predicted octanol–water partition coefficient (Wildman–Crippen LogP) is 4.70. The maximum atomic E-state index is 13.0. The van der Waals surface area contributed by atoms with Gasteiger partial charge in [0.15, 0.2) is 0 Å². The molecule has 0 radical (unpaired) electrons. The van der Waals surface area contributed by atoms with Crippen LogP contribution in [0.4, 0.5) is 5.82 Å². The molecule has 0 aliphatic heterocycles. The molecule has 0 atom stereocenters. The van der Waals surface area contributed by atoms with Gasteiger partial charge in [-0.2, -0.15) is 5.10 Å². The lowest BCUT2D eigenvalue weighted by atomic mass is 9.92. The number of anilines is 1. The smallest absolute Gasteiger partial charge is 0.245 e. The van der Waals surface area contributed by atoms with E-state index in [0.717, 1.165) is 36.2 Å². The van der Waals surface area contributed by atoms with Gasteiger partial charge in [0.2, 0.25) is 11.8 Å². The van der Waals surface area contributed by atoms with Crippen LogP contribution in [-0.4, -0.2) is 39.6 Å². The zero-order valence-electron chi connectivity index (χ0n) is 19.7. The molecule has 1 saturated carbocycles. The molecule has 0 saturated heterocycles. The number of carbonyl (C=O) groups is 2. The number of amides is 2. The molecule has 1 fully saturated rings. The molecule has 0 bridgehead atoms. The van der Waals surface area contributed by atoms with Crippen LogP contribution in [-0.2, 0) is 15.0 Å². The first-order valence-corrected chi connectivity index (χ1v) is 11.3. The third-order valence-corrected chi connectivity index (χ3v) is 5.54. The minimum atomic E-state index is -0.188. The Kier molecular flexibility index (Phi) is 6.87. The van der Waals surface area contributed by atoms with E-state index in [0.29, 0.717) is 18.3 Å². The fourth-order valence-electron chi connectivity index (χ4n) is 3.42. The maximum Gasteiger partial charge on any atom is 0.245 e. The SMILES string of the molecule is Cc1cccc(-n2nc(C(C)(C)C)cc2NC(=O)CN(CCC(C)C)C(=O)C2CC2)c1. The molecule has 0 spiro atoms. The summed E-state index contributed by atoms with van der Waals surface area (Å²) in [5.41, 5.74) is 2.77. The highest BCUT2D eigenvalue weighted by molar-refractivity contribution is 5.94. The molecule has 31 heavy (non-hydrogen) atoms. The largest absolute Gasteiger partial charge is 0.333 e. The maximum absolute atomic E-state index is 13.0. The Morgan fingerprint density at radius 1 is 1.23 bits per heavy atom. The van der Waals surface area contributed by atoms with Gasteiger partial charge in [0, 0.05) is 23.9 Å². The Hall–Kier alpha value is -2.63. The monoisotopic (exact) mass is 424 g/mol. The summed E-state index contributed by atoms with van der Waals surface area (Å²) >= 11 is 0. The van der Waals surface area contributed by atoms with Crippen LogP contribution in [0.15, 0.2) is 30.3 Å². The molecule has 6 nitrogen and oxygen atoms in total. The summed E-state index contributed by atoms with van der Waals surface area (Å²) in [5, 5.41) is 7.80. The fraction of sp³-hybridized carbons (Fsp3) is 0.560. The van der Waals surface area contributed by atoms with Crippen molar-refractivity contribution in [1.82, 2.24) is 14.7 Å². The molecule has 6 heteroatoms. The highest BCUT2D eigenvalue weighted by atomic mass is 16.2. The van der Waals surface area contributed by atoms with E-state index in [2.05, 4.69) is 39.9 Å². The van der Waals surface area contributed by atoms with Crippen LogP contribution in [0, 0.1) is 18.8 Å². The van der Waals surface area contributed by atoms with Gasteiger partial charge in [-0.25, -0.2) is 4.68 Å². The average Bonchev–Trinajstić information content (AvgIpc) is 3.43. The lowest BCUT2D eigenvalue weighted by molar-refractivity contribution is -0.136. The van der Waals surface area contributed by atoms with Crippen molar-refractivity contribution in [2.75, 3.05) is 18.4 Å². The average molecular weight is 425 g/mol. The van der Waals surface area contributed by atoms with E-state index in [1.807, 2.05) is 37.3 Å². The number of aryl methyl sites for hydroxylation is 1. The third kappa shape index (κ3) is 6.18. The van der Waals surface area contributed by atoms with Crippen LogP contribution in [0.3, 0.4) is 0 Å². The zero-order chi connectivity index (χ0) is 22.8. The summed E-state index contributed by atoms with van der Waals surface area (Å²) in [5.74, 6) is 1.13. The number of aromatic nitrogens is 2. The van der Waals surface area contributed by atoms with E-state index in [4.69, 9.17) is 5.10 Å². The topological polar surface area (TPSA) is 67.2 Å². The van der Waals surface area contributed by atoms with Gasteiger partial charge < -0.3 is 10.2 Å². The summed E-state index contributed by atoms with van der Waals surface area (Å²) in [7, 11) is 0. The van der Waals surface area contributed by atoms with Gasteiger partial charge in [-0.3, -0.25) is 9.59 Å². The van der Waals surface area contributed by atoms with Gasteiger partial charge in [-0.1, -0.05) is 46.8 Å². The summed E-state index contributed by atoms with van der Waals surface area (Å²) in [6.07, 6.45) is 2.77. The summed E-state index contributed by atoms with van der Waals surface area (Å²) in [4.78, 5) is 27.4. The Morgan fingerprint density at radius 3 is 2.52 bits per heavy atom. The molecule has 3 rings (SSSR count). The third-order valence-electron chi connectivity index (χ3n) is 5.54. The quantitative estimate of drug-likeness (QED) is 0.668. The van der Waals surface area contributed by atoms with Gasteiger partial charge in [-0.05, 0) is 49.8 Å². The fourth-order valence-corrected chi connectivity index (χ4v) is 3.42. The van der Waals surface area contributed by atoms with Crippen LogP contribution in [0.1, 0.15) is 65.1 Å². The summed E-state index contributed by atoms with van der Waals surface area (Å²) in [6, 6.07) is 9.97. The molecule has 168 valence electrons. The van der Waals surface area contributed by atoms with Crippen molar-refractivity contribution in [3.8, 4) is 5.69 Å². The first kappa shape index (κ1) is 23.0. The minimum absolute atomic E-state index is 0.0753. The molecule has 1 aromatic carbocycles. The van der Waals surface area contributed by atoms with Crippen molar-refractivity contribution < 1.29 is 9.59 Å². The number of hydrogen-bond acceptors (Lipinski definition) is 3. The first-order chi connectivity index (χ1) is 14.5. The Balaban J connectivity index is 1.81. The highest BCUT2D eigenvalue weighted by Gasteiger charge is 2.34. The van der Waals surface area contributed by atoms with Gasteiger partial charge in [0.05, 0.1) is 17.9 Å². The molecule has 1 N–H and O–H groups in total. The predicted molar refractivity (Wildman–Crippen MR) is 124 cm³/mol. The van der Waals surface area contributed by atoms with E-state index >= 15 is 0 Å². The normalized spacial score (nSPS) is 14.0. The van der Waals surface area contributed by atoms with Crippen molar-refractivity contribution >= 4 is 17.6 Å². The van der Waals surface area contributed by atoms with E-state index in [1.165, 1.54) is 0 Å². The second kappa shape index (κ2) is 9.25. The van der Waals surface area contributed by atoms with Crippen molar-refractivity contribution in [2.24, 2.45) is 11.8 Å². The van der Waals surface area contributed by atoms with Gasteiger partial charge >= 0.3 is 0 Å². The zero-order valence-corrected chi connectivity index (χ0v) is 19.7. The van der Waals surface area contributed by atoms with Gasteiger partial charge in [-0.15, -0.1) is 0 Å². The first-order valence-electron chi connectivity index (χ1n) is 11.3. The van der Waals surface area contributed by atoms with Crippen LogP contribution in [0.2, 0.25) is 0 Å². The number of hydrogen-bond donors (Lipinski definition) is 1. The van der Waals surface area contributed by atoms with Crippen molar-refractivity contribution in [3.63, 3.8) is 0 Å². The van der Waals surface area contributed by atoms with Crippen LogP contribution in [0.5, 0.6) is 0 Å². The number of benzene rings is 1. The molecular weight excluding hydrogens is 388 g/mol. The van der Waals surface area contributed by atoms with Crippen LogP contribution in [0.25, 0.3) is 5.69 Å². The highest BCUT2D eigenvalue weighted by Crippen LogP contribution is 2.31. The van der Waals surface area contributed by atoms with Crippen LogP contribution >= 0.6 is 0 Å². The Bertz CT molecular complexity index is 935. The number of nitrogens with one attached hydrogen (secondary N) is 1. The second-order valence-electron chi connectivity index (χ2n) is 10.2. The molecule has 1 aliphatic rings. The van der Waals surface area contributed by atoms with Gasteiger partial charge in [0.1, 0.15) is 5.82 Å². The molecular formula is C25H36N4O2. The van der Waals surface area contributed by atoms with Crippen molar-refractivity contribution in [2.45, 2.75) is 66.2 Å². The molecule has 1 aliphatic carbocycles. The Labute approximate surface area is 186 Å². The number of carbonyl (C=O) groups excluding carboxylic acids is 2. The van der Waals surface area contributed by atoms with Gasteiger partial charge in [0.25, 0.3) is 0 Å². The van der Waals surface area contributed by atoms with Crippen molar-refractivity contribution in [3.05, 3.63) is 41.6 Å². The molecule has 0 unspecified atom stereocenters. The van der Waals surface area contributed by atoms with Crippen LogP contribution < -0.4 is 5.32 Å². The summed E-state index contributed by atoms with van der Waals surface area (Å²) in [6.45, 7) is 13.3. The Morgan fingerprint density at radius 2 is 1.94 bits per heavy atom. The van der Waals surface area contributed by atoms with E-state index < -0.39 is 0 Å². The minimum Gasteiger partial charge on any atom is -0.333 e. The van der Waals surface area contributed by atoms with E-state index in [9.17, 15) is 9.59 Å². The summed E-state index contributed by atoms with van der Waals surface area (Å²) < 4.78 is 1.78. The van der Waals surface area contributed by atoms with E-state index in [1.54, 1.807) is 9.58 Å².